The summed E-state index contributed by atoms with van der Waals surface area (Å²) in [7, 11) is -1.21. The molecule has 0 saturated heterocycles. The Balaban J connectivity index is 2.26. The molecule has 0 bridgehead atoms. The van der Waals surface area contributed by atoms with Gasteiger partial charge in [0.15, 0.2) is 0 Å². The van der Waals surface area contributed by atoms with Gasteiger partial charge in [-0.25, -0.2) is 4.79 Å². The zero-order chi connectivity index (χ0) is 23.4. The smallest absolute Gasteiger partial charge is 0.379 e. The lowest BCUT2D eigenvalue weighted by atomic mass is 10.1. The Kier molecular flexibility index (Phi) is 7.58. The van der Waals surface area contributed by atoms with Crippen molar-refractivity contribution in [3.8, 4) is 5.75 Å². The van der Waals surface area contributed by atoms with Crippen LogP contribution < -0.4 is 4.18 Å². The van der Waals surface area contributed by atoms with Crippen molar-refractivity contribution in [2.45, 2.75) is 31.5 Å². The monoisotopic (exact) mass is 458 g/mol. The molecule has 2 aromatic carbocycles. The normalized spacial score (nSPS) is 12.0. The number of hydrogen-bond acceptors (Lipinski definition) is 4. The molecule has 31 heavy (non-hydrogen) atoms. The first-order valence-electron chi connectivity index (χ1n) is 9.46. The number of benzene rings is 2. The lowest BCUT2D eigenvalue weighted by Crippen LogP contribution is -2.40. The van der Waals surface area contributed by atoms with E-state index in [-0.39, 0.29) is 24.2 Å². The summed E-state index contributed by atoms with van der Waals surface area (Å²) in [5.74, 6) is 0.154. The molecule has 2 rings (SSSR count). The average Bonchev–Trinajstić information content (AvgIpc) is 2.66. The number of hydrogen-bond donors (Lipinski definition) is 0. The molecule has 2 aromatic rings. The van der Waals surface area contributed by atoms with Gasteiger partial charge in [-0.2, -0.15) is 21.6 Å². The highest BCUT2D eigenvalue weighted by Gasteiger charge is 2.32. The molecule has 0 fully saturated rings. The fraction of sp³-hybridized carbons (Fsp3) is 0.381. The standard InChI is InChI=1S/C21H25F3N2O4S/c1-15(2)13-26(20(27)25(3)4)14-16-7-5-9-18(11-16)30-31(28,29)19-10-6-8-17(12-19)21(22,23)24/h5-12,15H,13-14H2,1-4H3. The maximum Gasteiger partial charge on any atom is 0.416 e. The quantitative estimate of drug-likeness (QED) is 0.568. The van der Waals surface area contributed by atoms with Gasteiger partial charge in [-0.1, -0.05) is 32.0 Å². The van der Waals surface area contributed by atoms with Crippen molar-refractivity contribution in [3.63, 3.8) is 0 Å². The molecule has 0 heterocycles. The molecular formula is C21H25F3N2O4S. The Labute approximate surface area is 180 Å². The van der Waals surface area contributed by atoms with Gasteiger partial charge in [0.1, 0.15) is 10.6 Å². The summed E-state index contributed by atoms with van der Waals surface area (Å²) in [5.41, 5.74) is -0.468. The number of urea groups is 1. The average molecular weight is 459 g/mol. The number of carbonyl (C=O) groups excluding carboxylic acids is 1. The third-order valence-corrected chi connectivity index (χ3v) is 5.41. The molecule has 0 aromatic heterocycles. The highest BCUT2D eigenvalue weighted by Crippen LogP contribution is 2.31. The van der Waals surface area contributed by atoms with Gasteiger partial charge in [0.25, 0.3) is 0 Å². The number of alkyl halides is 3. The topological polar surface area (TPSA) is 66.9 Å². The van der Waals surface area contributed by atoms with Gasteiger partial charge >= 0.3 is 22.3 Å². The van der Waals surface area contributed by atoms with E-state index in [2.05, 4.69) is 0 Å². The lowest BCUT2D eigenvalue weighted by Gasteiger charge is -2.28. The number of rotatable bonds is 7. The Bertz CT molecular complexity index is 1020. The zero-order valence-electron chi connectivity index (χ0n) is 17.7. The van der Waals surface area contributed by atoms with Gasteiger partial charge in [-0.15, -0.1) is 0 Å². The Morgan fingerprint density at radius 3 is 2.29 bits per heavy atom. The second kappa shape index (κ2) is 9.59. The van der Waals surface area contributed by atoms with E-state index in [0.29, 0.717) is 18.2 Å². The molecule has 0 saturated carbocycles. The Morgan fingerprint density at radius 1 is 1.06 bits per heavy atom. The van der Waals surface area contributed by atoms with E-state index in [0.717, 1.165) is 18.2 Å². The Morgan fingerprint density at radius 2 is 1.71 bits per heavy atom. The van der Waals surface area contributed by atoms with Gasteiger partial charge in [0, 0.05) is 27.2 Å². The Hall–Kier alpha value is -2.75. The molecule has 0 N–H and O–H groups in total. The van der Waals surface area contributed by atoms with Crippen LogP contribution in [0.1, 0.15) is 25.0 Å². The minimum atomic E-state index is -4.68. The molecule has 0 atom stereocenters. The van der Waals surface area contributed by atoms with Crippen LogP contribution >= 0.6 is 0 Å². The lowest BCUT2D eigenvalue weighted by molar-refractivity contribution is -0.137. The number of carbonyl (C=O) groups is 1. The largest absolute Gasteiger partial charge is 0.416 e. The maximum atomic E-state index is 12.9. The van der Waals surface area contributed by atoms with Crippen LogP contribution in [0.5, 0.6) is 5.75 Å². The summed E-state index contributed by atoms with van der Waals surface area (Å²) in [6, 6.07) is 9.25. The van der Waals surface area contributed by atoms with E-state index in [1.807, 2.05) is 13.8 Å². The summed E-state index contributed by atoms with van der Waals surface area (Å²) in [5, 5.41) is 0. The highest BCUT2D eigenvalue weighted by molar-refractivity contribution is 7.87. The van der Waals surface area contributed by atoms with E-state index >= 15 is 0 Å². The molecule has 0 unspecified atom stereocenters. The molecule has 10 heteroatoms. The van der Waals surface area contributed by atoms with Crippen LogP contribution in [-0.2, 0) is 22.8 Å². The van der Waals surface area contributed by atoms with E-state index in [1.165, 1.54) is 17.0 Å². The van der Waals surface area contributed by atoms with Crippen molar-refractivity contribution in [1.82, 2.24) is 9.80 Å². The molecule has 170 valence electrons. The SMILES string of the molecule is CC(C)CN(Cc1cccc(OS(=O)(=O)c2cccc(C(F)(F)F)c2)c1)C(=O)N(C)C. The molecule has 0 radical (unpaired) electrons. The predicted molar refractivity (Wildman–Crippen MR) is 110 cm³/mol. The van der Waals surface area contributed by atoms with Gasteiger partial charge < -0.3 is 14.0 Å². The van der Waals surface area contributed by atoms with Crippen molar-refractivity contribution in [2.75, 3.05) is 20.6 Å². The summed E-state index contributed by atoms with van der Waals surface area (Å²) < 4.78 is 68.7. The second-order valence-corrected chi connectivity index (χ2v) is 9.21. The third kappa shape index (κ3) is 6.88. The van der Waals surface area contributed by atoms with Gasteiger partial charge in [-0.05, 0) is 41.8 Å². The molecule has 2 amide bonds. The fourth-order valence-electron chi connectivity index (χ4n) is 2.85. The molecule has 0 aliphatic rings. The van der Waals surface area contributed by atoms with Crippen molar-refractivity contribution in [3.05, 3.63) is 59.7 Å². The van der Waals surface area contributed by atoms with Crippen LogP contribution in [0.4, 0.5) is 18.0 Å². The van der Waals surface area contributed by atoms with Crippen LogP contribution in [0.2, 0.25) is 0 Å². The van der Waals surface area contributed by atoms with Crippen molar-refractivity contribution in [2.24, 2.45) is 5.92 Å². The van der Waals surface area contributed by atoms with Gasteiger partial charge in [-0.3, -0.25) is 0 Å². The van der Waals surface area contributed by atoms with Gasteiger partial charge in [0.2, 0.25) is 0 Å². The van der Waals surface area contributed by atoms with E-state index in [9.17, 15) is 26.4 Å². The van der Waals surface area contributed by atoms with E-state index in [4.69, 9.17) is 4.18 Å². The maximum absolute atomic E-state index is 12.9. The molecule has 6 nitrogen and oxygen atoms in total. The first kappa shape index (κ1) is 24.5. The molecule has 0 aliphatic carbocycles. The summed E-state index contributed by atoms with van der Waals surface area (Å²) in [4.78, 5) is 14.9. The fourth-order valence-corrected chi connectivity index (χ4v) is 3.82. The van der Waals surface area contributed by atoms with Crippen LogP contribution in [0, 0.1) is 5.92 Å². The molecule has 0 aliphatic heterocycles. The summed E-state index contributed by atoms with van der Waals surface area (Å²) >= 11 is 0. The summed E-state index contributed by atoms with van der Waals surface area (Å²) in [6.07, 6.45) is -4.68. The second-order valence-electron chi connectivity index (χ2n) is 7.66. The van der Waals surface area contributed by atoms with E-state index in [1.54, 1.807) is 31.1 Å². The van der Waals surface area contributed by atoms with Crippen molar-refractivity contribution < 1.29 is 30.6 Å². The first-order chi connectivity index (χ1) is 14.3. The zero-order valence-corrected chi connectivity index (χ0v) is 18.5. The van der Waals surface area contributed by atoms with Crippen molar-refractivity contribution >= 4 is 16.1 Å². The van der Waals surface area contributed by atoms with Crippen LogP contribution in [-0.4, -0.2) is 44.9 Å². The third-order valence-electron chi connectivity index (χ3n) is 4.17. The van der Waals surface area contributed by atoms with Crippen LogP contribution in [0.15, 0.2) is 53.4 Å². The van der Waals surface area contributed by atoms with Crippen LogP contribution in [0.25, 0.3) is 0 Å². The molecule has 0 spiro atoms. The van der Waals surface area contributed by atoms with Crippen LogP contribution in [0.3, 0.4) is 0 Å². The number of halogens is 3. The van der Waals surface area contributed by atoms with Gasteiger partial charge in [0.05, 0.1) is 5.56 Å². The predicted octanol–water partition coefficient (Wildman–Crippen LogP) is 4.61. The number of nitrogens with zero attached hydrogens (tertiary/aromatic N) is 2. The minimum absolute atomic E-state index is 0.0586. The van der Waals surface area contributed by atoms with Crippen molar-refractivity contribution in [1.29, 1.82) is 0 Å². The molecular weight excluding hydrogens is 433 g/mol. The first-order valence-corrected chi connectivity index (χ1v) is 10.9. The minimum Gasteiger partial charge on any atom is -0.379 e. The highest BCUT2D eigenvalue weighted by atomic mass is 32.2. The summed E-state index contributed by atoms with van der Waals surface area (Å²) in [6.45, 7) is 4.65. The number of amides is 2. The van der Waals surface area contributed by atoms with E-state index < -0.39 is 26.8 Å².